The predicted molar refractivity (Wildman–Crippen MR) is 58.5 cm³/mol. The van der Waals surface area contributed by atoms with E-state index in [1.807, 2.05) is 24.3 Å². The Labute approximate surface area is 90.5 Å². The molecule has 3 heteroatoms. The second kappa shape index (κ2) is 3.80. The van der Waals surface area contributed by atoms with E-state index in [0.717, 1.165) is 20.3 Å². The van der Waals surface area contributed by atoms with Crippen molar-refractivity contribution in [3.05, 3.63) is 58.5 Å². The van der Waals surface area contributed by atoms with Gasteiger partial charge in [-0.15, -0.1) is 0 Å². The molecule has 70 valence electrons. The van der Waals surface area contributed by atoms with Crippen molar-refractivity contribution < 1.29 is 4.73 Å². The lowest BCUT2D eigenvalue weighted by atomic mass is 10.1. The van der Waals surface area contributed by atoms with Crippen LogP contribution in [0.5, 0.6) is 0 Å². The Hall–Kier alpha value is -1.35. The average molecular weight is 250 g/mol. The molecule has 14 heavy (non-hydrogen) atoms. The topological polar surface area (TPSA) is 26.9 Å². The molecule has 0 spiro atoms. The molecule has 0 aliphatic rings. The van der Waals surface area contributed by atoms with E-state index in [2.05, 4.69) is 15.9 Å². The van der Waals surface area contributed by atoms with Gasteiger partial charge in [0, 0.05) is 16.6 Å². The molecule has 1 aromatic carbocycles. The van der Waals surface area contributed by atoms with Crippen molar-refractivity contribution >= 4 is 15.9 Å². The summed E-state index contributed by atoms with van der Waals surface area (Å²) in [7, 11) is 0. The van der Waals surface area contributed by atoms with Crippen LogP contribution in [0, 0.1) is 5.21 Å². The third-order valence-electron chi connectivity index (χ3n) is 1.96. The van der Waals surface area contributed by atoms with Crippen molar-refractivity contribution in [1.82, 2.24) is 0 Å². The summed E-state index contributed by atoms with van der Waals surface area (Å²) in [6.45, 7) is 0. The van der Waals surface area contributed by atoms with Gasteiger partial charge in [-0.25, -0.2) is 0 Å². The lowest BCUT2D eigenvalue weighted by Crippen LogP contribution is -2.23. The Morgan fingerprint density at radius 3 is 2.36 bits per heavy atom. The van der Waals surface area contributed by atoms with Crippen LogP contribution in [0.3, 0.4) is 0 Å². The lowest BCUT2D eigenvalue weighted by Gasteiger charge is -2.01. The summed E-state index contributed by atoms with van der Waals surface area (Å²) in [5, 5.41) is 10.8. The Bertz CT molecular complexity index is 439. The zero-order chi connectivity index (χ0) is 9.97. The fourth-order valence-corrected chi connectivity index (χ4v) is 1.67. The molecule has 0 aliphatic heterocycles. The molecule has 0 saturated carbocycles. The van der Waals surface area contributed by atoms with Gasteiger partial charge in [0.15, 0.2) is 12.4 Å². The summed E-state index contributed by atoms with van der Waals surface area (Å²) in [5.41, 5.74) is 2.14. The van der Waals surface area contributed by atoms with Gasteiger partial charge < -0.3 is 5.21 Å². The summed E-state index contributed by atoms with van der Waals surface area (Å²) in [5.74, 6) is 0. The summed E-state index contributed by atoms with van der Waals surface area (Å²) in [4.78, 5) is 0. The fourth-order valence-electron chi connectivity index (χ4n) is 1.27. The SMILES string of the molecule is [O-][n+]1ccc(-c2cccc(Br)c2)cc1. The van der Waals surface area contributed by atoms with Gasteiger partial charge in [-0.1, -0.05) is 28.1 Å². The van der Waals surface area contributed by atoms with Crippen LogP contribution in [0.4, 0.5) is 0 Å². The Morgan fingerprint density at radius 2 is 1.71 bits per heavy atom. The first kappa shape index (κ1) is 9.21. The molecule has 0 atom stereocenters. The van der Waals surface area contributed by atoms with Gasteiger partial charge in [0.1, 0.15) is 0 Å². The van der Waals surface area contributed by atoms with Crippen molar-refractivity contribution in [2.45, 2.75) is 0 Å². The number of aromatic nitrogens is 1. The summed E-state index contributed by atoms with van der Waals surface area (Å²) in [6, 6.07) is 11.6. The molecule has 0 aliphatic carbocycles. The van der Waals surface area contributed by atoms with Crippen molar-refractivity contribution in [3.63, 3.8) is 0 Å². The van der Waals surface area contributed by atoms with Crippen LogP contribution in [0.25, 0.3) is 11.1 Å². The van der Waals surface area contributed by atoms with Gasteiger partial charge in [0.25, 0.3) is 0 Å². The first-order valence-corrected chi connectivity index (χ1v) is 5.00. The number of hydrogen-bond acceptors (Lipinski definition) is 1. The Kier molecular flexibility index (Phi) is 2.50. The third kappa shape index (κ3) is 1.93. The van der Waals surface area contributed by atoms with E-state index in [1.54, 1.807) is 12.1 Å². The molecule has 1 heterocycles. The minimum absolute atomic E-state index is 0.779. The maximum atomic E-state index is 10.8. The molecule has 2 nitrogen and oxygen atoms in total. The molecule has 1 aromatic heterocycles. The molecular weight excluding hydrogens is 242 g/mol. The number of halogens is 1. The zero-order valence-corrected chi connectivity index (χ0v) is 8.94. The van der Waals surface area contributed by atoms with Crippen molar-refractivity contribution in [2.75, 3.05) is 0 Å². The van der Waals surface area contributed by atoms with Crippen molar-refractivity contribution in [3.8, 4) is 11.1 Å². The van der Waals surface area contributed by atoms with Gasteiger partial charge in [0.05, 0.1) is 0 Å². The molecule has 2 rings (SSSR count). The minimum atomic E-state index is 0.779. The van der Waals surface area contributed by atoms with Gasteiger partial charge in [-0.05, 0) is 23.3 Å². The zero-order valence-electron chi connectivity index (χ0n) is 7.35. The predicted octanol–water partition coefficient (Wildman–Crippen LogP) is 2.75. The molecule has 0 fully saturated rings. The fraction of sp³-hybridized carbons (Fsp3) is 0. The Balaban J connectivity index is 2.44. The lowest BCUT2D eigenvalue weighted by molar-refractivity contribution is -0.605. The highest BCUT2D eigenvalue weighted by Gasteiger charge is 1.98. The number of hydrogen-bond donors (Lipinski definition) is 0. The maximum Gasteiger partial charge on any atom is 0.180 e. The first-order chi connectivity index (χ1) is 6.75. The summed E-state index contributed by atoms with van der Waals surface area (Å²) < 4.78 is 1.82. The normalized spacial score (nSPS) is 10.1. The average Bonchev–Trinajstić information content (AvgIpc) is 2.19. The molecule has 0 saturated heterocycles. The molecular formula is C11H8BrNO. The smallest absolute Gasteiger partial charge is 0.180 e. The molecule has 0 radical (unpaired) electrons. The van der Waals surface area contributed by atoms with Crippen LogP contribution in [0.2, 0.25) is 0 Å². The van der Waals surface area contributed by atoms with E-state index in [1.165, 1.54) is 12.4 Å². The second-order valence-corrected chi connectivity index (χ2v) is 3.87. The van der Waals surface area contributed by atoms with Crippen LogP contribution >= 0.6 is 15.9 Å². The molecule has 0 bridgehead atoms. The number of rotatable bonds is 1. The molecule has 0 N–H and O–H groups in total. The van der Waals surface area contributed by atoms with Crippen LogP contribution in [-0.2, 0) is 0 Å². The highest BCUT2D eigenvalue weighted by molar-refractivity contribution is 9.10. The minimum Gasteiger partial charge on any atom is -0.619 e. The largest absolute Gasteiger partial charge is 0.619 e. The number of benzene rings is 1. The van der Waals surface area contributed by atoms with Gasteiger partial charge in [-0.2, -0.15) is 4.73 Å². The number of pyridine rings is 1. The second-order valence-electron chi connectivity index (χ2n) is 2.96. The molecule has 2 aromatic rings. The highest BCUT2D eigenvalue weighted by Crippen LogP contribution is 2.21. The van der Waals surface area contributed by atoms with Gasteiger partial charge >= 0.3 is 0 Å². The summed E-state index contributed by atoms with van der Waals surface area (Å²) in [6.07, 6.45) is 2.99. The van der Waals surface area contributed by atoms with E-state index in [9.17, 15) is 5.21 Å². The van der Waals surface area contributed by atoms with E-state index < -0.39 is 0 Å². The standard InChI is InChI=1S/C11H8BrNO/c12-11-3-1-2-10(8-11)9-4-6-13(14)7-5-9/h1-8H. The maximum absolute atomic E-state index is 10.8. The summed E-state index contributed by atoms with van der Waals surface area (Å²) >= 11 is 3.41. The van der Waals surface area contributed by atoms with Crippen LogP contribution in [0.1, 0.15) is 0 Å². The highest BCUT2D eigenvalue weighted by atomic mass is 79.9. The molecule has 0 unspecified atom stereocenters. The van der Waals surface area contributed by atoms with Crippen LogP contribution in [-0.4, -0.2) is 0 Å². The monoisotopic (exact) mass is 249 g/mol. The van der Waals surface area contributed by atoms with Crippen molar-refractivity contribution in [1.29, 1.82) is 0 Å². The van der Waals surface area contributed by atoms with E-state index in [-0.39, 0.29) is 0 Å². The third-order valence-corrected chi connectivity index (χ3v) is 2.45. The quantitative estimate of drug-likeness (QED) is 0.564. The van der Waals surface area contributed by atoms with E-state index in [0.29, 0.717) is 0 Å². The molecule has 0 amide bonds. The van der Waals surface area contributed by atoms with Crippen LogP contribution < -0.4 is 4.73 Å². The van der Waals surface area contributed by atoms with Gasteiger partial charge in [0.2, 0.25) is 0 Å². The Morgan fingerprint density at radius 1 is 1.00 bits per heavy atom. The van der Waals surface area contributed by atoms with E-state index in [4.69, 9.17) is 0 Å². The van der Waals surface area contributed by atoms with E-state index >= 15 is 0 Å². The van der Waals surface area contributed by atoms with Gasteiger partial charge in [-0.3, -0.25) is 0 Å². The first-order valence-electron chi connectivity index (χ1n) is 4.20. The van der Waals surface area contributed by atoms with Crippen LogP contribution in [0.15, 0.2) is 53.3 Å². The van der Waals surface area contributed by atoms with Crippen molar-refractivity contribution in [2.24, 2.45) is 0 Å². The number of nitrogens with zero attached hydrogens (tertiary/aromatic N) is 1.